The SMILES string of the molecule is CCCC(=O)O[C@]1(C(=O)COC(=O)CC)CC[C@H]2[C@@H]3CCC4=CC(=O)C=C[C@]4(C)[C@@]3(Cl)C(O)C[C@@]21C. The van der Waals surface area contributed by atoms with Crippen molar-refractivity contribution in [2.75, 3.05) is 6.61 Å². The number of alkyl halides is 1. The fraction of sp³-hybridized carbons (Fsp3) is 0.714. The number of ketones is 2. The van der Waals surface area contributed by atoms with Crippen molar-refractivity contribution in [2.45, 2.75) is 95.6 Å². The van der Waals surface area contributed by atoms with E-state index in [-0.39, 0.29) is 43.3 Å². The maximum Gasteiger partial charge on any atom is 0.306 e. The van der Waals surface area contributed by atoms with E-state index in [0.717, 1.165) is 5.57 Å². The van der Waals surface area contributed by atoms with Crippen molar-refractivity contribution in [3.8, 4) is 0 Å². The van der Waals surface area contributed by atoms with Gasteiger partial charge in [-0.25, -0.2) is 0 Å². The highest BCUT2D eigenvalue weighted by molar-refractivity contribution is 6.26. The Balaban J connectivity index is 1.75. The highest BCUT2D eigenvalue weighted by Gasteiger charge is 2.74. The number of carbonyl (C=O) groups is 4. The van der Waals surface area contributed by atoms with Crippen LogP contribution in [0, 0.1) is 22.7 Å². The van der Waals surface area contributed by atoms with Gasteiger partial charge < -0.3 is 14.6 Å². The molecule has 4 aliphatic carbocycles. The number of carbonyl (C=O) groups excluding carboxylic acids is 4. The molecule has 0 saturated heterocycles. The molecule has 1 N–H and O–H groups in total. The van der Waals surface area contributed by atoms with Crippen LogP contribution < -0.4 is 0 Å². The predicted molar refractivity (Wildman–Crippen MR) is 133 cm³/mol. The molecule has 198 valence electrons. The highest BCUT2D eigenvalue weighted by Crippen LogP contribution is 2.71. The number of rotatable bonds is 7. The van der Waals surface area contributed by atoms with Crippen LogP contribution in [0.15, 0.2) is 23.8 Å². The Morgan fingerprint density at radius 3 is 2.53 bits per heavy atom. The Labute approximate surface area is 217 Å². The maximum atomic E-state index is 13.7. The second-order valence-corrected chi connectivity index (χ2v) is 11.9. The van der Waals surface area contributed by atoms with Crippen LogP contribution in [0.2, 0.25) is 0 Å². The largest absolute Gasteiger partial charge is 0.457 e. The molecule has 0 heterocycles. The summed E-state index contributed by atoms with van der Waals surface area (Å²) in [6.45, 7) is 6.92. The van der Waals surface area contributed by atoms with Crippen molar-refractivity contribution in [1.29, 1.82) is 0 Å². The van der Waals surface area contributed by atoms with Gasteiger partial charge in [0.15, 0.2) is 18.0 Å². The molecule has 8 heteroatoms. The summed E-state index contributed by atoms with van der Waals surface area (Å²) in [6.07, 6.45) is 7.18. The molecule has 0 aromatic heterocycles. The normalized spacial score (nSPS) is 41.0. The van der Waals surface area contributed by atoms with Gasteiger partial charge in [0.05, 0.1) is 11.0 Å². The monoisotopic (exact) mass is 520 g/mol. The average molecular weight is 521 g/mol. The molecule has 0 bridgehead atoms. The number of hydrogen-bond donors (Lipinski definition) is 1. The van der Waals surface area contributed by atoms with E-state index in [9.17, 15) is 24.3 Å². The zero-order valence-corrected chi connectivity index (χ0v) is 22.4. The highest BCUT2D eigenvalue weighted by atomic mass is 35.5. The Morgan fingerprint density at radius 2 is 1.86 bits per heavy atom. The molecule has 4 aliphatic rings. The van der Waals surface area contributed by atoms with Gasteiger partial charge >= 0.3 is 11.9 Å². The fourth-order valence-corrected chi connectivity index (χ4v) is 8.22. The lowest BCUT2D eigenvalue weighted by Gasteiger charge is -2.64. The average Bonchev–Trinajstić information content (AvgIpc) is 3.11. The van der Waals surface area contributed by atoms with Gasteiger partial charge in [0.2, 0.25) is 5.78 Å². The lowest BCUT2D eigenvalue weighted by molar-refractivity contribution is -0.198. The van der Waals surface area contributed by atoms with Crippen LogP contribution in [0.1, 0.15) is 79.1 Å². The molecule has 0 spiro atoms. The number of halogens is 1. The van der Waals surface area contributed by atoms with Crippen LogP contribution in [0.5, 0.6) is 0 Å². The fourth-order valence-electron chi connectivity index (χ4n) is 7.70. The van der Waals surface area contributed by atoms with Crippen LogP contribution in [0.3, 0.4) is 0 Å². The molecular weight excluding hydrogens is 484 g/mol. The number of ether oxygens (including phenoxy) is 2. The van der Waals surface area contributed by atoms with Gasteiger partial charge in [-0.15, -0.1) is 11.6 Å². The molecule has 7 nitrogen and oxygen atoms in total. The van der Waals surface area contributed by atoms with E-state index in [2.05, 4.69) is 0 Å². The van der Waals surface area contributed by atoms with Crippen molar-refractivity contribution in [2.24, 2.45) is 22.7 Å². The number of esters is 2. The molecule has 0 amide bonds. The van der Waals surface area contributed by atoms with Crippen LogP contribution in [-0.2, 0) is 28.7 Å². The molecule has 0 aliphatic heterocycles. The number of allylic oxidation sites excluding steroid dienone is 4. The molecule has 3 saturated carbocycles. The summed E-state index contributed by atoms with van der Waals surface area (Å²) < 4.78 is 11.2. The number of aliphatic hydroxyl groups excluding tert-OH is 1. The van der Waals surface area contributed by atoms with E-state index in [1.54, 1.807) is 13.0 Å². The van der Waals surface area contributed by atoms with E-state index < -0.39 is 51.7 Å². The third kappa shape index (κ3) is 3.72. The number of hydrogen-bond acceptors (Lipinski definition) is 7. The molecule has 36 heavy (non-hydrogen) atoms. The standard InChI is InChI=1S/C28H37ClO7/c1-5-7-24(34)36-27(22(32)16-35-23(33)6-2)13-11-19-20-9-8-17-14-18(30)10-12-25(17,3)28(20,29)21(31)15-26(19,27)4/h10,12,14,19-21,31H,5-9,11,13,15-16H2,1-4H3/t19-,20-,21?,25-,26-,27-,28-/m0/s1. The minimum absolute atomic E-state index is 0.0775. The van der Waals surface area contributed by atoms with Crippen molar-refractivity contribution in [3.05, 3.63) is 23.8 Å². The van der Waals surface area contributed by atoms with Crippen molar-refractivity contribution >= 4 is 35.1 Å². The van der Waals surface area contributed by atoms with Crippen LogP contribution in [-0.4, -0.2) is 51.8 Å². The first-order chi connectivity index (χ1) is 16.9. The van der Waals surface area contributed by atoms with Gasteiger partial charge in [0, 0.05) is 23.7 Å². The van der Waals surface area contributed by atoms with Gasteiger partial charge in [-0.1, -0.05) is 39.3 Å². The lowest BCUT2D eigenvalue weighted by Crippen LogP contribution is -2.69. The zero-order chi connectivity index (χ0) is 26.5. The predicted octanol–water partition coefficient (Wildman–Crippen LogP) is 4.23. The molecular formula is C28H37ClO7. The second-order valence-electron chi connectivity index (χ2n) is 11.3. The number of fused-ring (bicyclic) bond motifs is 5. The molecule has 0 aromatic rings. The third-order valence-corrected chi connectivity index (χ3v) is 10.5. The minimum Gasteiger partial charge on any atom is -0.457 e. The molecule has 1 unspecified atom stereocenters. The van der Waals surface area contributed by atoms with E-state index >= 15 is 0 Å². The summed E-state index contributed by atoms with van der Waals surface area (Å²) >= 11 is 7.45. The summed E-state index contributed by atoms with van der Waals surface area (Å²) in [7, 11) is 0. The van der Waals surface area contributed by atoms with Gasteiger partial charge in [0.25, 0.3) is 0 Å². The minimum atomic E-state index is -1.51. The zero-order valence-electron chi connectivity index (χ0n) is 21.6. The summed E-state index contributed by atoms with van der Waals surface area (Å²) in [4.78, 5) is 49.4. The molecule has 3 fully saturated rings. The Morgan fingerprint density at radius 1 is 1.14 bits per heavy atom. The first-order valence-corrected chi connectivity index (χ1v) is 13.5. The summed E-state index contributed by atoms with van der Waals surface area (Å²) in [5, 5.41) is 11.7. The van der Waals surface area contributed by atoms with Gasteiger partial charge in [-0.2, -0.15) is 0 Å². The van der Waals surface area contributed by atoms with E-state index in [1.807, 2.05) is 26.8 Å². The summed E-state index contributed by atoms with van der Waals surface area (Å²) in [5.41, 5.74) is -2.19. The topological polar surface area (TPSA) is 107 Å². The van der Waals surface area contributed by atoms with Crippen molar-refractivity contribution < 1.29 is 33.8 Å². The quantitative estimate of drug-likeness (QED) is 0.395. The summed E-state index contributed by atoms with van der Waals surface area (Å²) in [5.74, 6) is -1.78. The smallest absolute Gasteiger partial charge is 0.306 e. The van der Waals surface area contributed by atoms with E-state index in [0.29, 0.717) is 25.7 Å². The van der Waals surface area contributed by atoms with Crippen molar-refractivity contribution in [1.82, 2.24) is 0 Å². The third-order valence-electron chi connectivity index (χ3n) is 9.61. The number of Topliss-reactive ketones (excluding diaryl/α,β-unsaturated/α-hetero) is 1. The first-order valence-electron chi connectivity index (χ1n) is 13.1. The molecule has 7 atom stereocenters. The molecule has 4 rings (SSSR count). The Hall–Kier alpha value is -1.99. The van der Waals surface area contributed by atoms with Gasteiger partial charge in [-0.3, -0.25) is 19.2 Å². The van der Waals surface area contributed by atoms with Crippen LogP contribution in [0.25, 0.3) is 0 Å². The molecule has 0 radical (unpaired) electrons. The first kappa shape index (κ1) is 27.1. The second kappa shape index (κ2) is 9.39. The molecule has 0 aromatic carbocycles. The van der Waals surface area contributed by atoms with Gasteiger partial charge in [-0.05, 0) is 62.5 Å². The lowest BCUT2D eigenvalue weighted by atomic mass is 9.45. The Kier molecular flexibility index (Phi) is 7.06. The van der Waals surface area contributed by atoms with E-state index in [4.69, 9.17) is 21.1 Å². The number of aliphatic hydroxyl groups is 1. The summed E-state index contributed by atoms with van der Waals surface area (Å²) in [6, 6.07) is 0. The van der Waals surface area contributed by atoms with E-state index in [1.165, 1.54) is 6.08 Å². The van der Waals surface area contributed by atoms with Gasteiger partial charge in [0.1, 0.15) is 0 Å². The maximum absolute atomic E-state index is 13.7. The van der Waals surface area contributed by atoms with Crippen molar-refractivity contribution in [3.63, 3.8) is 0 Å². The van der Waals surface area contributed by atoms with Crippen LogP contribution >= 0.6 is 11.6 Å². The Bertz CT molecular complexity index is 1030. The van der Waals surface area contributed by atoms with Crippen LogP contribution in [0.4, 0.5) is 0 Å².